The smallest absolute Gasteiger partial charge is 0.314 e. The highest BCUT2D eigenvalue weighted by atomic mass is 32.1. The predicted octanol–water partition coefficient (Wildman–Crippen LogP) is 2.20. The number of likely N-dealkylation sites (tertiary alicyclic amines) is 1. The summed E-state index contributed by atoms with van der Waals surface area (Å²) in [4.78, 5) is 19.8. The maximum Gasteiger partial charge on any atom is 0.314 e. The molecule has 0 bridgehead atoms. The number of aromatic nitrogens is 1. The van der Waals surface area contributed by atoms with Crippen molar-refractivity contribution in [3.05, 3.63) is 16.1 Å². The van der Waals surface area contributed by atoms with Gasteiger partial charge in [-0.3, -0.25) is 0 Å². The van der Waals surface area contributed by atoms with Gasteiger partial charge in [0.1, 0.15) is 0 Å². The largest absolute Gasteiger partial charge is 0.338 e. The van der Waals surface area contributed by atoms with Gasteiger partial charge in [0, 0.05) is 36.6 Å². The number of hydrogen-bond acceptors (Lipinski definition) is 4. The van der Waals surface area contributed by atoms with E-state index in [1.807, 2.05) is 6.20 Å². The third-order valence-corrected chi connectivity index (χ3v) is 5.05. The molecule has 6 heteroatoms. The molecule has 2 amide bonds. The van der Waals surface area contributed by atoms with Crippen molar-refractivity contribution in [1.29, 1.82) is 0 Å². The summed E-state index contributed by atoms with van der Waals surface area (Å²) < 4.78 is 0. The second-order valence-corrected chi connectivity index (χ2v) is 7.34. The fraction of sp³-hybridized carbons (Fsp3) is 0.733. The second-order valence-electron chi connectivity index (χ2n) is 6.07. The molecule has 118 valence electrons. The van der Waals surface area contributed by atoms with E-state index in [1.165, 1.54) is 24.3 Å². The zero-order valence-corrected chi connectivity index (χ0v) is 14.0. The molecule has 1 fully saturated rings. The maximum absolute atomic E-state index is 11.9. The van der Waals surface area contributed by atoms with Crippen molar-refractivity contribution < 1.29 is 4.79 Å². The highest BCUT2D eigenvalue weighted by molar-refractivity contribution is 7.11. The molecular formula is C15H26N4OS. The third-order valence-electron chi connectivity index (χ3n) is 3.90. The molecule has 2 rings (SSSR count). The summed E-state index contributed by atoms with van der Waals surface area (Å²) >= 11 is 1.70. The molecule has 0 radical (unpaired) electrons. The lowest BCUT2D eigenvalue weighted by molar-refractivity contribution is 0.202. The van der Waals surface area contributed by atoms with E-state index in [0.717, 1.165) is 18.1 Å². The van der Waals surface area contributed by atoms with E-state index < -0.39 is 0 Å². The second kappa shape index (κ2) is 7.75. The highest BCUT2D eigenvalue weighted by Crippen LogP contribution is 2.20. The molecule has 0 unspecified atom stereocenters. The monoisotopic (exact) mass is 310 g/mol. The van der Waals surface area contributed by atoms with Crippen LogP contribution in [0.5, 0.6) is 0 Å². The lowest BCUT2D eigenvalue weighted by atomic mass is 9.99. The number of thiazole rings is 1. The van der Waals surface area contributed by atoms with Gasteiger partial charge in [-0.1, -0.05) is 6.92 Å². The van der Waals surface area contributed by atoms with Gasteiger partial charge in [-0.15, -0.1) is 11.3 Å². The van der Waals surface area contributed by atoms with Crippen LogP contribution in [0.4, 0.5) is 4.79 Å². The Morgan fingerprint density at radius 3 is 3.05 bits per heavy atom. The minimum Gasteiger partial charge on any atom is -0.338 e. The maximum atomic E-state index is 11.9. The van der Waals surface area contributed by atoms with Crippen molar-refractivity contribution in [1.82, 2.24) is 20.5 Å². The Labute approximate surface area is 131 Å². The molecule has 21 heavy (non-hydrogen) atoms. The molecular weight excluding hydrogens is 284 g/mol. The first-order valence-electron chi connectivity index (χ1n) is 7.67. The summed E-state index contributed by atoms with van der Waals surface area (Å²) in [6.45, 7) is 7.79. The number of carbonyl (C=O) groups excluding carboxylic acids is 1. The first kappa shape index (κ1) is 16.2. The summed E-state index contributed by atoms with van der Waals surface area (Å²) in [5, 5.41) is 7.02. The molecule has 2 atom stereocenters. The average Bonchev–Trinajstić information content (AvgIpc) is 2.89. The van der Waals surface area contributed by atoms with E-state index in [-0.39, 0.29) is 11.9 Å². The van der Waals surface area contributed by atoms with Gasteiger partial charge in [-0.25, -0.2) is 9.78 Å². The Morgan fingerprint density at radius 2 is 2.38 bits per heavy atom. The molecule has 0 saturated carbocycles. The van der Waals surface area contributed by atoms with Crippen molar-refractivity contribution in [2.45, 2.75) is 32.6 Å². The van der Waals surface area contributed by atoms with Crippen LogP contribution in [-0.4, -0.2) is 49.1 Å². The van der Waals surface area contributed by atoms with Crippen LogP contribution in [0.15, 0.2) is 6.20 Å². The molecule has 1 aromatic heterocycles. The molecule has 0 aromatic carbocycles. The summed E-state index contributed by atoms with van der Waals surface area (Å²) in [6, 6.07) is -0.0663. The van der Waals surface area contributed by atoms with Gasteiger partial charge in [0.15, 0.2) is 0 Å². The average molecular weight is 310 g/mol. The number of piperidine rings is 1. The minimum atomic E-state index is -0.0663. The van der Waals surface area contributed by atoms with Gasteiger partial charge in [0.25, 0.3) is 0 Å². The van der Waals surface area contributed by atoms with Gasteiger partial charge in [-0.2, -0.15) is 0 Å². The zero-order chi connectivity index (χ0) is 15.2. The summed E-state index contributed by atoms with van der Waals surface area (Å²) in [6.07, 6.45) is 4.32. The normalized spacial score (nSPS) is 21.0. The van der Waals surface area contributed by atoms with Crippen LogP contribution in [0.1, 0.15) is 35.6 Å². The standard InChI is InChI=1S/C15H26N4OS/c1-11(14-16-8-12(2)21-14)7-17-15(20)18-9-13-5-4-6-19(3)10-13/h8,11,13H,4-7,9-10H2,1-3H3,(H2,17,18,20)/t11-,13+/m1/s1. The van der Waals surface area contributed by atoms with E-state index in [2.05, 4.69) is 41.4 Å². The number of urea groups is 1. The lowest BCUT2D eigenvalue weighted by Gasteiger charge is -2.29. The first-order valence-corrected chi connectivity index (χ1v) is 8.49. The Hall–Kier alpha value is -1.14. The number of amides is 2. The molecule has 1 saturated heterocycles. The van der Waals surface area contributed by atoms with Crippen LogP contribution in [0.2, 0.25) is 0 Å². The molecule has 5 nitrogen and oxygen atoms in total. The fourth-order valence-electron chi connectivity index (χ4n) is 2.67. The third kappa shape index (κ3) is 5.28. The molecule has 1 aliphatic rings. The van der Waals surface area contributed by atoms with Gasteiger partial charge < -0.3 is 15.5 Å². The molecule has 2 heterocycles. The number of nitrogens with one attached hydrogen (secondary N) is 2. The SMILES string of the molecule is Cc1cnc([C@H](C)CNC(=O)NC[C@@H]2CCCN(C)C2)s1. The van der Waals surface area contributed by atoms with Crippen LogP contribution < -0.4 is 10.6 Å². The van der Waals surface area contributed by atoms with Crippen LogP contribution in [0, 0.1) is 12.8 Å². The van der Waals surface area contributed by atoms with E-state index in [1.54, 1.807) is 11.3 Å². The zero-order valence-electron chi connectivity index (χ0n) is 13.2. The van der Waals surface area contributed by atoms with Crippen LogP contribution >= 0.6 is 11.3 Å². The first-order chi connectivity index (χ1) is 10.0. The van der Waals surface area contributed by atoms with Crippen molar-refractivity contribution in [2.75, 3.05) is 33.2 Å². The van der Waals surface area contributed by atoms with Crippen LogP contribution in [0.3, 0.4) is 0 Å². The lowest BCUT2D eigenvalue weighted by Crippen LogP contribution is -2.43. The Morgan fingerprint density at radius 1 is 1.57 bits per heavy atom. The molecule has 0 spiro atoms. The Kier molecular flexibility index (Phi) is 5.99. The van der Waals surface area contributed by atoms with E-state index in [9.17, 15) is 4.79 Å². The van der Waals surface area contributed by atoms with Crippen molar-refractivity contribution in [3.63, 3.8) is 0 Å². The number of rotatable bonds is 5. The highest BCUT2D eigenvalue weighted by Gasteiger charge is 2.18. The van der Waals surface area contributed by atoms with E-state index in [4.69, 9.17) is 0 Å². The minimum absolute atomic E-state index is 0.0663. The fourth-order valence-corrected chi connectivity index (χ4v) is 3.50. The van der Waals surface area contributed by atoms with Gasteiger partial charge >= 0.3 is 6.03 Å². The summed E-state index contributed by atoms with van der Waals surface area (Å²) in [7, 11) is 2.14. The summed E-state index contributed by atoms with van der Waals surface area (Å²) in [5.41, 5.74) is 0. The van der Waals surface area contributed by atoms with E-state index >= 15 is 0 Å². The van der Waals surface area contributed by atoms with Crippen LogP contribution in [-0.2, 0) is 0 Å². The molecule has 1 aliphatic heterocycles. The van der Waals surface area contributed by atoms with Crippen molar-refractivity contribution in [3.8, 4) is 0 Å². The molecule has 0 aliphatic carbocycles. The van der Waals surface area contributed by atoms with Crippen molar-refractivity contribution in [2.24, 2.45) is 5.92 Å². The summed E-state index contributed by atoms with van der Waals surface area (Å²) in [5.74, 6) is 0.837. The Bertz CT molecular complexity index is 462. The van der Waals surface area contributed by atoms with Crippen LogP contribution in [0.25, 0.3) is 0 Å². The number of hydrogen-bond donors (Lipinski definition) is 2. The number of nitrogens with zero attached hydrogens (tertiary/aromatic N) is 2. The Balaban J connectivity index is 1.65. The molecule has 2 N–H and O–H groups in total. The topological polar surface area (TPSA) is 57.3 Å². The number of carbonyl (C=O) groups is 1. The van der Waals surface area contributed by atoms with E-state index in [0.29, 0.717) is 12.5 Å². The quantitative estimate of drug-likeness (QED) is 0.876. The molecule has 1 aromatic rings. The van der Waals surface area contributed by atoms with Gasteiger partial charge in [0.2, 0.25) is 0 Å². The van der Waals surface area contributed by atoms with Gasteiger partial charge in [0.05, 0.1) is 5.01 Å². The predicted molar refractivity (Wildman–Crippen MR) is 86.9 cm³/mol. The van der Waals surface area contributed by atoms with Gasteiger partial charge in [-0.05, 0) is 39.3 Å². The number of aryl methyl sites for hydroxylation is 1. The van der Waals surface area contributed by atoms with Crippen molar-refractivity contribution >= 4 is 17.4 Å².